The van der Waals surface area contributed by atoms with E-state index in [0.29, 0.717) is 0 Å². The molecule has 0 aliphatic heterocycles. The molecule has 0 aromatic rings. The first-order valence-corrected chi connectivity index (χ1v) is 4.63. The normalized spacial score (nSPS) is 14.1. The molecule has 1 heteroatoms. The van der Waals surface area contributed by atoms with Gasteiger partial charge in [0, 0.05) is 0 Å². The lowest BCUT2D eigenvalue weighted by Gasteiger charge is -1.99. The molecule has 0 aromatic carbocycles. The number of hydrogen-bond donors (Lipinski definition) is 0. The monoisotopic (exact) mass is 155 g/mol. The van der Waals surface area contributed by atoms with Gasteiger partial charge in [0.1, 0.15) is 6.10 Å². The summed E-state index contributed by atoms with van der Waals surface area (Å²) in [6.07, 6.45) is 8.53. The molecule has 1 nitrogen and oxygen atoms in total. The van der Waals surface area contributed by atoms with Crippen LogP contribution in [0, 0.1) is 0 Å². The van der Waals surface area contributed by atoms with Crippen LogP contribution < -0.4 is 0 Å². The molecule has 1 atom stereocenters. The van der Waals surface area contributed by atoms with Crippen molar-refractivity contribution in [1.82, 2.24) is 0 Å². The zero-order valence-corrected chi connectivity index (χ0v) is 7.68. The summed E-state index contributed by atoms with van der Waals surface area (Å²) in [5.41, 5.74) is 0. The predicted octanol–water partition coefficient (Wildman–Crippen LogP) is 3.33. The van der Waals surface area contributed by atoms with Crippen molar-refractivity contribution in [3.05, 3.63) is 12.2 Å². The molecule has 0 bridgehead atoms. The Morgan fingerprint density at radius 2 is 2.00 bits per heavy atom. The zero-order chi connectivity index (χ0) is 8.53. The summed E-state index contributed by atoms with van der Waals surface area (Å²) in [5.74, 6) is 0. The molecule has 0 saturated heterocycles. The summed E-state index contributed by atoms with van der Waals surface area (Å²) in [7, 11) is 0. The van der Waals surface area contributed by atoms with E-state index >= 15 is 0 Å². The summed E-state index contributed by atoms with van der Waals surface area (Å²) in [6.45, 7) is 4.23. The largest absolute Gasteiger partial charge is 0.229 e. The van der Waals surface area contributed by atoms with Gasteiger partial charge in [-0.05, 0) is 12.8 Å². The van der Waals surface area contributed by atoms with Gasteiger partial charge < -0.3 is 0 Å². The van der Waals surface area contributed by atoms with Crippen LogP contribution in [-0.2, 0) is 5.11 Å². The van der Waals surface area contributed by atoms with E-state index in [2.05, 4.69) is 13.8 Å². The molecule has 65 valence electrons. The molecule has 1 radical (unpaired) electrons. The topological polar surface area (TPSA) is 19.9 Å². The van der Waals surface area contributed by atoms with Crippen LogP contribution in [0.15, 0.2) is 12.2 Å². The fourth-order valence-electron chi connectivity index (χ4n) is 0.916. The Balaban J connectivity index is 3.27. The summed E-state index contributed by atoms with van der Waals surface area (Å²) in [4.78, 5) is 0. The lowest BCUT2D eigenvalue weighted by atomic mass is 10.1. The zero-order valence-electron chi connectivity index (χ0n) is 7.68. The van der Waals surface area contributed by atoms with Gasteiger partial charge in [0.2, 0.25) is 0 Å². The number of allylic oxidation sites excluding steroid dienone is 1. The molecule has 0 saturated carbocycles. The Labute approximate surface area is 70.1 Å². The average molecular weight is 155 g/mol. The molecule has 1 unspecified atom stereocenters. The summed E-state index contributed by atoms with van der Waals surface area (Å²) < 4.78 is 0. The molecule has 0 fully saturated rings. The first kappa shape index (κ1) is 10.7. The first-order chi connectivity index (χ1) is 5.31. The third-order valence-electron chi connectivity index (χ3n) is 1.65. The van der Waals surface area contributed by atoms with E-state index in [-0.39, 0.29) is 0 Å². The van der Waals surface area contributed by atoms with E-state index in [9.17, 15) is 5.11 Å². The fourth-order valence-corrected chi connectivity index (χ4v) is 0.916. The van der Waals surface area contributed by atoms with E-state index in [1.807, 2.05) is 6.08 Å². The van der Waals surface area contributed by atoms with Gasteiger partial charge in [-0.3, -0.25) is 0 Å². The highest BCUT2D eigenvalue weighted by Gasteiger charge is 1.97. The maximum absolute atomic E-state index is 11.1. The molecule has 0 heterocycles. The molecule has 0 spiro atoms. The van der Waals surface area contributed by atoms with Crippen molar-refractivity contribution in [1.29, 1.82) is 0 Å². The second kappa shape index (κ2) is 7.80. The molecule has 11 heavy (non-hydrogen) atoms. The second-order valence-electron chi connectivity index (χ2n) is 2.90. The number of hydrogen-bond acceptors (Lipinski definition) is 0. The van der Waals surface area contributed by atoms with Crippen molar-refractivity contribution in [2.75, 3.05) is 0 Å². The van der Waals surface area contributed by atoms with Crippen molar-refractivity contribution in [3.8, 4) is 0 Å². The van der Waals surface area contributed by atoms with E-state index in [0.717, 1.165) is 32.1 Å². The Morgan fingerprint density at radius 3 is 2.55 bits per heavy atom. The Hall–Kier alpha value is -0.300. The Bertz CT molecular complexity index is 97.0. The van der Waals surface area contributed by atoms with Gasteiger partial charge in [-0.2, -0.15) is 0 Å². The van der Waals surface area contributed by atoms with E-state index in [1.54, 1.807) is 6.08 Å². The Kier molecular flexibility index (Phi) is 7.59. The molecule has 0 amide bonds. The van der Waals surface area contributed by atoms with Crippen LogP contribution in [0.25, 0.3) is 0 Å². The lowest BCUT2D eigenvalue weighted by Crippen LogP contribution is -1.98. The standard InChI is InChI=1S/C10H19O/c1-3-5-7-9-10(11)8-6-4-2/h7,9-10H,3-6,8H2,1-2H3. The van der Waals surface area contributed by atoms with Crippen LogP contribution in [0.2, 0.25) is 0 Å². The van der Waals surface area contributed by atoms with E-state index < -0.39 is 6.10 Å². The third kappa shape index (κ3) is 7.60. The van der Waals surface area contributed by atoms with Crippen molar-refractivity contribution in [2.45, 2.75) is 52.1 Å². The minimum absolute atomic E-state index is 0.457. The van der Waals surface area contributed by atoms with Gasteiger partial charge in [-0.25, -0.2) is 5.11 Å². The highest BCUT2D eigenvalue weighted by molar-refractivity contribution is 4.87. The van der Waals surface area contributed by atoms with Crippen LogP contribution >= 0.6 is 0 Å². The predicted molar refractivity (Wildman–Crippen MR) is 48.0 cm³/mol. The molecule has 0 aromatic heterocycles. The van der Waals surface area contributed by atoms with Gasteiger partial charge in [0.25, 0.3) is 0 Å². The average Bonchev–Trinajstić information content (AvgIpc) is 2.01. The van der Waals surface area contributed by atoms with Crippen LogP contribution in [0.5, 0.6) is 0 Å². The highest BCUT2D eigenvalue weighted by Crippen LogP contribution is 2.02. The molecular formula is C10H19O. The van der Waals surface area contributed by atoms with Gasteiger partial charge in [-0.1, -0.05) is 45.3 Å². The molecule has 0 aliphatic rings. The van der Waals surface area contributed by atoms with Crippen molar-refractivity contribution < 1.29 is 5.11 Å². The smallest absolute Gasteiger partial charge is 0.111 e. The lowest BCUT2D eigenvalue weighted by molar-refractivity contribution is 0.119. The molecule has 0 N–H and O–H groups in total. The van der Waals surface area contributed by atoms with Gasteiger partial charge in [-0.15, -0.1) is 0 Å². The first-order valence-electron chi connectivity index (χ1n) is 4.63. The Morgan fingerprint density at radius 1 is 1.27 bits per heavy atom. The van der Waals surface area contributed by atoms with Gasteiger partial charge >= 0.3 is 0 Å². The van der Waals surface area contributed by atoms with E-state index in [4.69, 9.17) is 0 Å². The summed E-state index contributed by atoms with van der Waals surface area (Å²) in [6, 6.07) is 0. The minimum Gasteiger partial charge on any atom is -0.229 e. The van der Waals surface area contributed by atoms with Crippen LogP contribution in [0.4, 0.5) is 0 Å². The maximum atomic E-state index is 11.1. The van der Waals surface area contributed by atoms with Crippen LogP contribution in [-0.4, -0.2) is 6.10 Å². The van der Waals surface area contributed by atoms with Crippen molar-refractivity contribution in [3.63, 3.8) is 0 Å². The maximum Gasteiger partial charge on any atom is 0.111 e. The van der Waals surface area contributed by atoms with Crippen LogP contribution in [0.1, 0.15) is 46.0 Å². The van der Waals surface area contributed by atoms with Crippen molar-refractivity contribution in [2.24, 2.45) is 0 Å². The molecular weight excluding hydrogens is 136 g/mol. The fraction of sp³-hybridized carbons (Fsp3) is 0.800. The van der Waals surface area contributed by atoms with E-state index in [1.165, 1.54) is 0 Å². The highest BCUT2D eigenvalue weighted by atomic mass is 16.3. The van der Waals surface area contributed by atoms with Crippen LogP contribution in [0.3, 0.4) is 0 Å². The molecule has 0 rings (SSSR count). The quantitative estimate of drug-likeness (QED) is 0.524. The summed E-state index contributed by atoms with van der Waals surface area (Å²) in [5, 5.41) is 11.1. The summed E-state index contributed by atoms with van der Waals surface area (Å²) >= 11 is 0. The second-order valence-corrected chi connectivity index (χ2v) is 2.90. The third-order valence-corrected chi connectivity index (χ3v) is 1.65. The molecule has 0 aliphatic carbocycles. The number of unbranched alkanes of at least 4 members (excludes halogenated alkanes) is 2. The number of rotatable bonds is 6. The van der Waals surface area contributed by atoms with Gasteiger partial charge in [0.05, 0.1) is 0 Å². The SMILES string of the molecule is CCCC=CC([O])CCCC. The minimum atomic E-state index is -0.457. The van der Waals surface area contributed by atoms with Gasteiger partial charge in [0.15, 0.2) is 0 Å². The van der Waals surface area contributed by atoms with Crippen molar-refractivity contribution >= 4 is 0 Å².